The molecule has 0 saturated heterocycles. The molecule has 0 aliphatic heterocycles. The zero-order valence-corrected chi connectivity index (χ0v) is 12.9. The van der Waals surface area contributed by atoms with Crippen LogP contribution in [-0.2, 0) is 11.8 Å². The molecule has 0 atom stereocenters. The highest BCUT2D eigenvalue weighted by Crippen LogP contribution is 2.23. The van der Waals surface area contributed by atoms with Gasteiger partial charge in [0.05, 0.1) is 5.69 Å². The van der Waals surface area contributed by atoms with E-state index in [9.17, 15) is 4.79 Å². The Morgan fingerprint density at radius 3 is 2.33 bits per heavy atom. The number of carbonyl (C=O) groups is 1. The summed E-state index contributed by atoms with van der Waals surface area (Å²) in [7, 11) is 0. The molecule has 21 heavy (non-hydrogen) atoms. The maximum atomic E-state index is 11.0. The Morgan fingerprint density at radius 1 is 1.24 bits per heavy atom. The van der Waals surface area contributed by atoms with E-state index in [4.69, 9.17) is 5.11 Å². The van der Waals surface area contributed by atoms with Crippen molar-refractivity contribution >= 4 is 5.97 Å². The van der Waals surface area contributed by atoms with Crippen LogP contribution in [0.1, 0.15) is 56.1 Å². The molecule has 112 valence electrons. The second-order valence-electron chi connectivity index (χ2n) is 6.12. The zero-order chi connectivity index (χ0) is 15.6. The van der Waals surface area contributed by atoms with Crippen molar-refractivity contribution in [2.45, 2.75) is 46.0 Å². The summed E-state index contributed by atoms with van der Waals surface area (Å²) >= 11 is 0. The summed E-state index contributed by atoms with van der Waals surface area (Å²) in [6, 6.07) is 8.01. The van der Waals surface area contributed by atoms with Crippen molar-refractivity contribution in [2.75, 3.05) is 0 Å². The molecule has 2 rings (SSSR count). The van der Waals surface area contributed by atoms with Crippen LogP contribution in [0.5, 0.6) is 0 Å². The first-order valence-corrected chi connectivity index (χ1v) is 7.13. The second-order valence-corrected chi connectivity index (χ2v) is 6.12. The topological polar surface area (TPSA) is 68.0 Å². The third-order valence-corrected chi connectivity index (χ3v) is 3.32. The summed E-state index contributed by atoms with van der Waals surface area (Å²) in [5.74, 6) is -0.575. The van der Waals surface area contributed by atoms with E-state index in [-0.39, 0.29) is 11.2 Å². The van der Waals surface area contributed by atoms with Crippen LogP contribution in [0.2, 0.25) is 0 Å². The fraction of sp³-hybridized carbons (Fsp3) is 0.438. The SMILES string of the molecule is CCCc1nc(C(=O)O)nn1-c1ccc(C(C)(C)C)cc1. The van der Waals surface area contributed by atoms with E-state index in [1.807, 2.05) is 31.2 Å². The van der Waals surface area contributed by atoms with Gasteiger partial charge in [0.25, 0.3) is 5.82 Å². The van der Waals surface area contributed by atoms with E-state index in [1.54, 1.807) is 4.68 Å². The van der Waals surface area contributed by atoms with Gasteiger partial charge in [0, 0.05) is 6.42 Å². The molecule has 2 aromatic rings. The Hall–Kier alpha value is -2.17. The molecule has 0 fully saturated rings. The monoisotopic (exact) mass is 287 g/mol. The van der Waals surface area contributed by atoms with Crippen molar-refractivity contribution in [1.82, 2.24) is 14.8 Å². The molecule has 0 unspecified atom stereocenters. The molecule has 5 nitrogen and oxygen atoms in total. The lowest BCUT2D eigenvalue weighted by Crippen LogP contribution is -2.11. The molecule has 0 aliphatic carbocycles. The third kappa shape index (κ3) is 3.29. The van der Waals surface area contributed by atoms with Crippen LogP contribution in [0.25, 0.3) is 5.69 Å². The minimum atomic E-state index is -1.10. The van der Waals surface area contributed by atoms with Crippen LogP contribution in [0, 0.1) is 0 Å². The molecule has 0 aliphatic rings. The summed E-state index contributed by atoms with van der Waals surface area (Å²) in [6.07, 6.45) is 1.58. The van der Waals surface area contributed by atoms with Gasteiger partial charge >= 0.3 is 5.97 Å². The molecule has 5 heteroatoms. The van der Waals surface area contributed by atoms with Gasteiger partial charge in [-0.2, -0.15) is 0 Å². The van der Waals surface area contributed by atoms with Gasteiger partial charge in [-0.3, -0.25) is 0 Å². The van der Waals surface area contributed by atoms with Crippen LogP contribution in [-0.4, -0.2) is 25.8 Å². The van der Waals surface area contributed by atoms with Gasteiger partial charge in [0.1, 0.15) is 5.82 Å². The Bertz CT molecular complexity index is 637. The van der Waals surface area contributed by atoms with Crippen LogP contribution >= 0.6 is 0 Å². The number of hydrogen-bond acceptors (Lipinski definition) is 3. The lowest BCUT2D eigenvalue weighted by atomic mass is 9.87. The van der Waals surface area contributed by atoms with E-state index in [0.717, 1.165) is 12.1 Å². The van der Waals surface area contributed by atoms with E-state index in [1.165, 1.54) is 5.56 Å². The molecular formula is C16H21N3O2. The van der Waals surface area contributed by atoms with Gasteiger partial charge in [-0.15, -0.1) is 5.10 Å². The summed E-state index contributed by atoms with van der Waals surface area (Å²) in [5.41, 5.74) is 2.15. The molecule has 0 spiro atoms. The smallest absolute Gasteiger partial charge is 0.375 e. The number of nitrogens with zero attached hydrogens (tertiary/aromatic N) is 3. The molecular weight excluding hydrogens is 266 g/mol. The quantitative estimate of drug-likeness (QED) is 0.937. The van der Waals surface area contributed by atoms with Crippen LogP contribution < -0.4 is 0 Å². The number of carboxylic acid groups (broad SMARTS) is 1. The molecule has 1 aromatic heterocycles. The van der Waals surface area contributed by atoms with Crippen molar-refractivity contribution in [1.29, 1.82) is 0 Å². The summed E-state index contributed by atoms with van der Waals surface area (Å²) in [5, 5.41) is 13.1. The fourth-order valence-corrected chi connectivity index (χ4v) is 2.13. The van der Waals surface area contributed by atoms with E-state index in [2.05, 4.69) is 30.9 Å². The average Bonchev–Trinajstić information content (AvgIpc) is 2.83. The Kier molecular flexibility index (Phi) is 4.11. The molecule has 1 heterocycles. The van der Waals surface area contributed by atoms with Crippen molar-refractivity contribution in [3.05, 3.63) is 41.5 Å². The highest BCUT2D eigenvalue weighted by molar-refractivity contribution is 5.83. The molecule has 1 N–H and O–H groups in total. The van der Waals surface area contributed by atoms with E-state index >= 15 is 0 Å². The van der Waals surface area contributed by atoms with Crippen LogP contribution in [0.15, 0.2) is 24.3 Å². The van der Waals surface area contributed by atoms with Gasteiger partial charge in [-0.25, -0.2) is 14.5 Å². The molecule has 0 saturated carbocycles. The third-order valence-electron chi connectivity index (χ3n) is 3.32. The minimum absolute atomic E-state index is 0.0827. The van der Waals surface area contributed by atoms with Crippen molar-refractivity contribution in [3.63, 3.8) is 0 Å². The van der Waals surface area contributed by atoms with Gasteiger partial charge in [0.2, 0.25) is 0 Å². The Balaban J connectivity index is 2.43. The normalized spacial score (nSPS) is 11.6. The number of carboxylic acids is 1. The Labute approximate surface area is 124 Å². The second kappa shape index (κ2) is 5.68. The summed E-state index contributed by atoms with van der Waals surface area (Å²) in [6.45, 7) is 8.50. The van der Waals surface area contributed by atoms with Gasteiger partial charge in [0.15, 0.2) is 0 Å². The Morgan fingerprint density at radius 2 is 1.86 bits per heavy atom. The van der Waals surface area contributed by atoms with Crippen molar-refractivity contribution < 1.29 is 9.90 Å². The lowest BCUT2D eigenvalue weighted by molar-refractivity contribution is 0.0683. The maximum absolute atomic E-state index is 11.0. The van der Waals surface area contributed by atoms with Gasteiger partial charge in [-0.05, 0) is 29.5 Å². The van der Waals surface area contributed by atoms with E-state index < -0.39 is 5.97 Å². The molecule has 1 aromatic carbocycles. The first kappa shape index (κ1) is 15.2. The predicted octanol–water partition coefficient (Wildman–Crippen LogP) is 3.22. The van der Waals surface area contributed by atoms with Crippen LogP contribution in [0.3, 0.4) is 0 Å². The van der Waals surface area contributed by atoms with Gasteiger partial charge < -0.3 is 5.11 Å². The molecule has 0 amide bonds. The fourth-order valence-electron chi connectivity index (χ4n) is 2.13. The lowest BCUT2D eigenvalue weighted by Gasteiger charge is -2.19. The zero-order valence-electron chi connectivity index (χ0n) is 12.9. The maximum Gasteiger partial charge on any atom is 0.375 e. The first-order chi connectivity index (χ1) is 9.82. The molecule has 0 bridgehead atoms. The first-order valence-electron chi connectivity index (χ1n) is 7.13. The highest BCUT2D eigenvalue weighted by atomic mass is 16.4. The van der Waals surface area contributed by atoms with Gasteiger partial charge in [-0.1, -0.05) is 39.8 Å². The van der Waals surface area contributed by atoms with E-state index in [0.29, 0.717) is 12.2 Å². The van der Waals surface area contributed by atoms with Crippen molar-refractivity contribution in [3.8, 4) is 5.69 Å². The highest BCUT2D eigenvalue weighted by Gasteiger charge is 2.17. The number of aromatic nitrogens is 3. The number of rotatable bonds is 4. The van der Waals surface area contributed by atoms with Crippen LogP contribution in [0.4, 0.5) is 0 Å². The van der Waals surface area contributed by atoms with Crippen molar-refractivity contribution in [2.24, 2.45) is 0 Å². The average molecular weight is 287 g/mol. The summed E-state index contributed by atoms with van der Waals surface area (Å²) < 4.78 is 1.62. The number of hydrogen-bond donors (Lipinski definition) is 1. The number of aryl methyl sites for hydroxylation is 1. The number of aromatic carboxylic acids is 1. The standard InChI is InChI=1S/C16H21N3O2/c1-5-6-13-17-14(15(20)21)18-19(13)12-9-7-11(8-10-12)16(2,3)4/h7-10H,5-6H2,1-4H3,(H,20,21). The molecule has 0 radical (unpaired) electrons. The summed E-state index contributed by atoms with van der Waals surface area (Å²) in [4.78, 5) is 15.1. The largest absolute Gasteiger partial charge is 0.475 e. The minimum Gasteiger partial charge on any atom is -0.475 e. The predicted molar refractivity (Wildman–Crippen MR) is 81.0 cm³/mol. The number of benzene rings is 1.